The average molecular weight is 492 g/mol. The van der Waals surface area contributed by atoms with E-state index in [1.165, 1.54) is 36.4 Å². The summed E-state index contributed by atoms with van der Waals surface area (Å²) in [7, 11) is 0. The Kier molecular flexibility index (Phi) is 6.99. The van der Waals surface area contributed by atoms with Crippen LogP contribution in [0, 0.1) is 11.8 Å². The summed E-state index contributed by atoms with van der Waals surface area (Å²) in [5.74, 6) is -3.85. The van der Waals surface area contributed by atoms with Crippen molar-refractivity contribution in [3.63, 3.8) is 0 Å². The molecule has 0 aliphatic heterocycles. The number of ether oxygens (including phenoxy) is 2. The Bertz CT molecular complexity index is 967. The third-order valence-electron chi connectivity index (χ3n) is 5.25. The van der Waals surface area contributed by atoms with Crippen molar-refractivity contribution in [3.8, 4) is 11.5 Å². The molecular weight excluding hydrogens is 474 g/mol. The second-order valence-corrected chi connectivity index (χ2v) is 7.81. The molecule has 0 bridgehead atoms. The van der Waals surface area contributed by atoms with Crippen LogP contribution in [-0.2, 0) is 9.59 Å². The summed E-state index contributed by atoms with van der Waals surface area (Å²) in [5, 5.41) is 17.5. The summed E-state index contributed by atoms with van der Waals surface area (Å²) in [6, 6.07) is 10.9. The number of carbonyl (C=O) groups is 2. The highest BCUT2D eigenvalue weighted by Crippen LogP contribution is 2.49. The van der Waals surface area contributed by atoms with Gasteiger partial charge in [-0.2, -0.15) is 0 Å². The fourth-order valence-electron chi connectivity index (χ4n) is 3.56. The van der Waals surface area contributed by atoms with E-state index in [0.717, 1.165) is 0 Å². The zero-order valence-corrected chi connectivity index (χ0v) is 17.1. The first-order chi connectivity index (χ1) is 15.7. The predicted molar refractivity (Wildman–Crippen MR) is 103 cm³/mol. The minimum atomic E-state index is -4.73. The summed E-state index contributed by atoms with van der Waals surface area (Å²) < 4.78 is 79.4. The Hall–Kier alpha value is -3.44. The predicted octanol–water partition coefficient (Wildman–Crippen LogP) is 5.55. The SMILES string of the molecule is O=C(O)C1CC1c1cccc(OC(F)(F)F)c1.O=C(O)C1CC1c1cccc(OC(F)(F)F)c1. The maximum Gasteiger partial charge on any atom is 0.573 e. The van der Waals surface area contributed by atoms with Gasteiger partial charge in [0, 0.05) is 0 Å². The number of carboxylic acids is 2. The molecule has 4 unspecified atom stereocenters. The molecule has 6 nitrogen and oxygen atoms in total. The zero-order valence-electron chi connectivity index (χ0n) is 17.1. The van der Waals surface area contributed by atoms with Crippen molar-refractivity contribution in [3.05, 3.63) is 59.7 Å². The maximum absolute atomic E-state index is 12.0. The van der Waals surface area contributed by atoms with Gasteiger partial charge in [0.1, 0.15) is 11.5 Å². The van der Waals surface area contributed by atoms with Gasteiger partial charge in [-0.3, -0.25) is 9.59 Å². The van der Waals surface area contributed by atoms with Crippen molar-refractivity contribution in [1.82, 2.24) is 0 Å². The van der Waals surface area contributed by atoms with Crippen molar-refractivity contribution in [1.29, 1.82) is 0 Å². The molecule has 2 fully saturated rings. The van der Waals surface area contributed by atoms with E-state index in [0.29, 0.717) is 24.0 Å². The van der Waals surface area contributed by atoms with E-state index in [1.54, 1.807) is 12.1 Å². The summed E-state index contributed by atoms with van der Waals surface area (Å²) >= 11 is 0. The number of hydrogen-bond donors (Lipinski definition) is 2. The maximum atomic E-state index is 12.0. The standard InChI is InChI=1S/2C11H9F3O3/c2*12-11(13,14)17-7-3-1-2-6(4-7)8-5-9(8)10(15)16/h2*1-4,8-9H,5H2,(H,15,16). The number of hydrogen-bond acceptors (Lipinski definition) is 4. The van der Waals surface area contributed by atoms with Crippen LogP contribution in [0.2, 0.25) is 0 Å². The Morgan fingerprint density at radius 1 is 0.706 bits per heavy atom. The largest absolute Gasteiger partial charge is 0.573 e. The molecule has 0 radical (unpaired) electrons. The summed E-state index contributed by atoms with van der Waals surface area (Å²) in [6.45, 7) is 0. The van der Waals surface area contributed by atoms with Crippen LogP contribution in [-0.4, -0.2) is 34.9 Å². The van der Waals surface area contributed by atoms with Crippen LogP contribution in [0.1, 0.15) is 35.8 Å². The molecular formula is C22H18F6O6. The molecule has 4 rings (SSSR count). The molecule has 2 aromatic rings. The van der Waals surface area contributed by atoms with E-state index in [2.05, 4.69) is 9.47 Å². The molecule has 34 heavy (non-hydrogen) atoms. The molecule has 0 spiro atoms. The highest BCUT2D eigenvalue weighted by Gasteiger charge is 2.45. The van der Waals surface area contributed by atoms with E-state index < -0.39 is 36.5 Å². The van der Waals surface area contributed by atoms with Crippen LogP contribution >= 0.6 is 0 Å². The van der Waals surface area contributed by atoms with Crippen LogP contribution in [0.4, 0.5) is 26.3 Å². The molecule has 12 heteroatoms. The first-order valence-corrected chi connectivity index (χ1v) is 9.90. The third kappa shape index (κ3) is 7.29. The monoisotopic (exact) mass is 492 g/mol. The molecule has 2 saturated carbocycles. The smallest absolute Gasteiger partial charge is 0.481 e. The van der Waals surface area contributed by atoms with Gasteiger partial charge in [0.05, 0.1) is 11.8 Å². The van der Waals surface area contributed by atoms with Gasteiger partial charge < -0.3 is 19.7 Å². The van der Waals surface area contributed by atoms with Crippen LogP contribution in [0.5, 0.6) is 11.5 Å². The summed E-state index contributed by atoms with van der Waals surface area (Å²) in [5.41, 5.74) is 1.14. The summed E-state index contributed by atoms with van der Waals surface area (Å²) in [6.07, 6.45) is -8.53. The fourth-order valence-corrected chi connectivity index (χ4v) is 3.56. The number of aliphatic carboxylic acids is 2. The summed E-state index contributed by atoms with van der Waals surface area (Å²) in [4.78, 5) is 21.3. The molecule has 2 aliphatic rings. The number of halogens is 6. The van der Waals surface area contributed by atoms with Crippen LogP contribution in [0.25, 0.3) is 0 Å². The van der Waals surface area contributed by atoms with Crippen molar-refractivity contribution in [2.45, 2.75) is 37.4 Å². The van der Waals surface area contributed by atoms with E-state index in [1.807, 2.05) is 0 Å². The van der Waals surface area contributed by atoms with E-state index in [4.69, 9.17) is 10.2 Å². The molecule has 0 saturated heterocycles. The molecule has 0 heterocycles. The molecule has 0 amide bonds. The van der Waals surface area contributed by atoms with Gasteiger partial charge in [-0.05, 0) is 60.1 Å². The average Bonchev–Trinajstić information content (AvgIpc) is 3.59. The van der Waals surface area contributed by atoms with Gasteiger partial charge >= 0.3 is 24.7 Å². The van der Waals surface area contributed by atoms with Gasteiger partial charge in [0.2, 0.25) is 0 Å². The molecule has 2 N–H and O–H groups in total. The van der Waals surface area contributed by atoms with Gasteiger partial charge in [-0.25, -0.2) is 0 Å². The highest BCUT2D eigenvalue weighted by molar-refractivity contribution is 5.75. The topological polar surface area (TPSA) is 93.1 Å². The van der Waals surface area contributed by atoms with Gasteiger partial charge in [-0.1, -0.05) is 24.3 Å². The van der Waals surface area contributed by atoms with Crippen LogP contribution in [0.15, 0.2) is 48.5 Å². The Labute approximate surface area is 188 Å². The van der Waals surface area contributed by atoms with Crippen LogP contribution in [0.3, 0.4) is 0 Å². The van der Waals surface area contributed by atoms with Crippen molar-refractivity contribution < 1.29 is 55.6 Å². The lowest BCUT2D eigenvalue weighted by atomic mass is 10.1. The lowest BCUT2D eigenvalue weighted by Crippen LogP contribution is -2.17. The lowest BCUT2D eigenvalue weighted by Gasteiger charge is -2.09. The van der Waals surface area contributed by atoms with E-state index in [-0.39, 0.29) is 23.3 Å². The van der Waals surface area contributed by atoms with Gasteiger partial charge in [0.25, 0.3) is 0 Å². The number of alkyl halides is 6. The van der Waals surface area contributed by atoms with Gasteiger partial charge in [-0.15, -0.1) is 26.3 Å². The van der Waals surface area contributed by atoms with E-state index in [9.17, 15) is 35.9 Å². The highest BCUT2D eigenvalue weighted by atomic mass is 19.4. The molecule has 2 aliphatic carbocycles. The van der Waals surface area contributed by atoms with Gasteiger partial charge in [0.15, 0.2) is 0 Å². The number of rotatable bonds is 6. The van der Waals surface area contributed by atoms with Crippen LogP contribution < -0.4 is 9.47 Å². The normalized spacial score (nSPS) is 23.2. The lowest BCUT2D eigenvalue weighted by molar-refractivity contribution is -0.275. The quantitative estimate of drug-likeness (QED) is 0.514. The van der Waals surface area contributed by atoms with Crippen molar-refractivity contribution in [2.24, 2.45) is 11.8 Å². The Morgan fingerprint density at radius 2 is 1.06 bits per heavy atom. The molecule has 2 aromatic carbocycles. The Morgan fingerprint density at radius 3 is 1.32 bits per heavy atom. The minimum Gasteiger partial charge on any atom is -0.481 e. The first kappa shape index (κ1) is 25.2. The third-order valence-corrected chi connectivity index (χ3v) is 5.25. The molecule has 4 atom stereocenters. The minimum absolute atomic E-state index is 0.204. The molecule has 184 valence electrons. The number of carboxylic acid groups (broad SMARTS) is 2. The Balaban J connectivity index is 0.000000191. The van der Waals surface area contributed by atoms with Crippen molar-refractivity contribution >= 4 is 11.9 Å². The van der Waals surface area contributed by atoms with Crippen molar-refractivity contribution in [2.75, 3.05) is 0 Å². The second kappa shape index (κ2) is 9.43. The second-order valence-electron chi connectivity index (χ2n) is 7.81. The zero-order chi connectivity index (χ0) is 25.3. The fraction of sp³-hybridized carbons (Fsp3) is 0.364. The first-order valence-electron chi connectivity index (χ1n) is 9.90. The molecule has 0 aromatic heterocycles. The van der Waals surface area contributed by atoms with E-state index >= 15 is 0 Å². The number of benzene rings is 2.